The van der Waals surface area contributed by atoms with Gasteiger partial charge in [-0.15, -0.1) is 0 Å². The maximum absolute atomic E-state index is 12.1. The molecule has 1 aromatic rings. The second-order valence-electron chi connectivity index (χ2n) is 5.97. The van der Waals surface area contributed by atoms with Crippen molar-refractivity contribution in [3.05, 3.63) is 35.9 Å². The summed E-state index contributed by atoms with van der Waals surface area (Å²) in [4.78, 5) is 14.6. The molecule has 2 rings (SSSR count). The highest BCUT2D eigenvalue weighted by Crippen LogP contribution is 2.22. The van der Waals surface area contributed by atoms with Gasteiger partial charge in [0, 0.05) is 18.5 Å². The zero-order valence-corrected chi connectivity index (χ0v) is 12.7. The van der Waals surface area contributed by atoms with Crippen LogP contribution in [0.4, 0.5) is 0 Å². The summed E-state index contributed by atoms with van der Waals surface area (Å²) >= 11 is 0. The highest BCUT2D eigenvalue weighted by atomic mass is 16.1. The van der Waals surface area contributed by atoms with Crippen LogP contribution in [-0.2, 0) is 0 Å². The summed E-state index contributed by atoms with van der Waals surface area (Å²) in [5.74, 6) is 1.19. The van der Waals surface area contributed by atoms with Crippen LogP contribution in [0.2, 0.25) is 0 Å². The number of hydrogen-bond acceptors (Lipinski definition) is 2. The lowest BCUT2D eigenvalue weighted by Gasteiger charge is -2.19. The summed E-state index contributed by atoms with van der Waals surface area (Å²) in [5, 5.41) is 0. The molecular formula is C18H27NO. The van der Waals surface area contributed by atoms with Crippen molar-refractivity contribution in [3.8, 4) is 0 Å². The fourth-order valence-corrected chi connectivity index (χ4v) is 3.17. The van der Waals surface area contributed by atoms with Crippen LogP contribution < -0.4 is 0 Å². The van der Waals surface area contributed by atoms with Gasteiger partial charge in [-0.1, -0.05) is 50.1 Å². The van der Waals surface area contributed by atoms with Crippen LogP contribution in [0, 0.1) is 5.92 Å². The van der Waals surface area contributed by atoms with E-state index >= 15 is 0 Å². The third-order valence-corrected chi connectivity index (χ3v) is 4.39. The highest BCUT2D eigenvalue weighted by Gasteiger charge is 2.17. The fourth-order valence-electron chi connectivity index (χ4n) is 3.17. The molecular weight excluding hydrogens is 246 g/mol. The van der Waals surface area contributed by atoms with Crippen molar-refractivity contribution < 1.29 is 4.79 Å². The topological polar surface area (TPSA) is 20.3 Å². The van der Waals surface area contributed by atoms with Crippen molar-refractivity contribution in [2.24, 2.45) is 5.92 Å². The number of Topliss-reactive ketones (excluding diaryl/α,β-unsaturated/α-hetero) is 1. The quantitative estimate of drug-likeness (QED) is 0.725. The first kappa shape index (κ1) is 15.2. The molecule has 1 saturated heterocycles. The van der Waals surface area contributed by atoms with Crippen LogP contribution in [-0.4, -0.2) is 30.3 Å². The van der Waals surface area contributed by atoms with Gasteiger partial charge in [0.05, 0.1) is 0 Å². The molecule has 0 amide bonds. The molecule has 1 aromatic carbocycles. The minimum absolute atomic E-state index is 0.278. The summed E-state index contributed by atoms with van der Waals surface area (Å²) in [7, 11) is 0. The Labute approximate surface area is 123 Å². The average molecular weight is 273 g/mol. The molecule has 0 aromatic heterocycles. The minimum atomic E-state index is 0.278. The van der Waals surface area contributed by atoms with Gasteiger partial charge in [-0.05, 0) is 38.3 Å². The summed E-state index contributed by atoms with van der Waals surface area (Å²) in [6, 6.07) is 9.67. The molecule has 0 saturated carbocycles. The van der Waals surface area contributed by atoms with Crippen LogP contribution in [0.25, 0.3) is 0 Å². The lowest BCUT2D eigenvalue weighted by molar-refractivity contribution is 0.0964. The molecule has 110 valence electrons. The number of rotatable bonds is 6. The molecule has 1 atom stereocenters. The second-order valence-corrected chi connectivity index (χ2v) is 5.97. The van der Waals surface area contributed by atoms with Gasteiger partial charge in [0.15, 0.2) is 5.78 Å². The number of hydrogen-bond donors (Lipinski definition) is 0. The molecule has 1 heterocycles. The van der Waals surface area contributed by atoms with Gasteiger partial charge in [-0.25, -0.2) is 0 Å². The van der Waals surface area contributed by atoms with Gasteiger partial charge in [-0.3, -0.25) is 4.79 Å². The number of nitrogens with zero attached hydrogens (tertiary/aromatic N) is 1. The van der Waals surface area contributed by atoms with Crippen LogP contribution in [0.3, 0.4) is 0 Å². The molecule has 0 aliphatic carbocycles. The van der Waals surface area contributed by atoms with E-state index in [4.69, 9.17) is 0 Å². The van der Waals surface area contributed by atoms with E-state index in [-0.39, 0.29) is 5.78 Å². The van der Waals surface area contributed by atoms with E-state index < -0.39 is 0 Å². The number of carbonyl (C=O) groups is 1. The Balaban J connectivity index is 1.75. The normalized spacial score (nSPS) is 20.6. The predicted octanol–water partition coefficient (Wildman–Crippen LogP) is 4.16. The molecule has 1 fully saturated rings. The summed E-state index contributed by atoms with van der Waals surface area (Å²) in [5.41, 5.74) is 0.853. The summed E-state index contributed by atoms with van der Waals surface area (Å²) in [6.45, 7) is 5.54. The zero-order valence-electron chi connectivity index (χ0n) is 12.7. The van der Waals surface area contributed by atoms with Crippen LogP contribution >= 0.6 is 0 Å². The fraction of sp³-hybridized carbons (Fsp3) is 0.611. The molecule has 0 N–H and O–H groups in total. The van der Waals surface area contributed by atoms with Gasteiger partial charge in [0.25, 0.3) is 0 Å². The van der Waals surface area contributed by atoms with E-state index in [9.17, 15) is 4.79 Å². The van der Waals surface area contributed by atoms with Crippen molar-refractivity contribution >= 4 is 5.78 Å². The first-order valence-electron chi connectivity index (χ1n) is 8.10. The Morgan fingerprint density at radius 3 is 2.75 bits per heavy atom. The maximum Gasteiger partial charge on any atom is 0.164 e. The lowest BCUT2D eigenvalue weighted by atomic mass is 9.96. The van der Waals surface area contributed by atoms with E-state index in [0.717, 1.165) is 18.0 Å². The van der Waals surface area contributed by atoms with Crippen LogP contribution in [0.1, 0.15) is 55.8 Å². The van der Waals surface area contributed by atoms with Gasteiger partial charge < -0.3 is 4.90 Å². The smallest absolute Gasteiger partial charge is 0.164 e. The number of likely N-dealkylation sites (tertiary alicyclic amines) is 1. The SMILES string of the molecule is CCCC1CCCN(CCC(=O)c2ccccc2)CC1. The standard InChI is InChI=1S/C18H27NO/c1-2-7-16-8-6-13-19(14-11-16)15-12-18(20)17-9-4-3-5-10-17/h3-5,9-10,16H,2,6-8,11-15H2,1H3. The molecule has 20 heavy (non-hydrogen) atoms. The van der Waals surface area contributed by atoms with Gasteiger partial charge >= 0.3 is 0 Å². The Morgan fingerprint density at radius 2 is 2.00 bits per heavy atom. The van der Waals surface area contributed by atoms with Gasteiger partial charge in [-0.2, -0.15) is 0 Å². The van der Waals surface area contributed by atoms with Crippen molar-refractivity contribution in [2.45, 2.75) is 45.4 Å². The Bertz CT molecular complexity index is 401. The molecule has 0 bridgehead atoms. The highest BCUT2D eigenvalue weighted by molar-refractivity contribution is 5.96. The second kappa shape index (κ2) is 8.21. The van der Waals surface area contributed by atoms with Crippen molar-refractivity contribution in [1.82, 2.24) is 4.90 Å². The zero-order chi connectivity index (χ0) is 14.2. The van der Waals surface area contributed by atoms with E-state index in [2.05, 4.69) is 11.8 Å². The lowest BCUT2D eigenvalue weighted by Crippen LogP contribution is -2.27. The molecule has 1 aliphatic rings. The largest absolute Gasteiger partial charge is 0.303 e. The molecule has 0 spiro atoms. The van der Waals surface area contributed by atoms with Crippen molar-refractivity contribution in [3.63, 3.8) is 0 Å². The Hall–Kier alpha value is -1.15. The Morgan fingerprint density at radius 1 is 1.20 bits per heavy atom. The minimum Gasteiger partial charge on any atom is -0.303 e. The Kier molecular flexibility index (Phi) is 6.25. The van der Waals surface area contributed by atoms with Gasteiger partial charge in [0.2, 0.25) is 0 Å². The first-order chi connectivity index (χ1) is 9.79. The number of benzene rings is 1. The third-order valence-electron chi connectivity index (χ3n) is 4.39. The number of ketones is 1. The van der Waals surface area contributed by atoms with E-state index in [1.807, 2.05) is 30.3 Å². The third kappa shape index (κ3) is 4.75. The molecule has 1 aliphatic heterocycles. The van der Waals surface area contributed by atoms with Gasteiger partial charge in [0.1, 0.15) is 0 Å². The number of carbonyl (C=O) groups excluding carboxylic acids is 1. The molecule has 0 radical (unpaired) electrons. The van der Waals surface area contributed by atoms with E-state index in [1.165, 1.54) is 45.2 Å². The molecule has 2 nitrogen and oxygen atoms in total. The first-order valence-corrected chi connectivity index (χ1v) is 8.10. The molecule has 1 unspecified atom stereocenters. The van der Waals surface area contributed by atoms with Crippen molar-refractivity contribution in [2.75, 3.05) is 19.6 Å². The summed E-state index contributed by atoms with van der Waals surface area (Å²) < 4.78 is 0. The van der Waals surface area contributed by atoms with Crippen LogP contribution in [0.15, 0.2) is 30.3 Å². The molecule has 2 heteroatoms. The van der Waals surface area contributed by atoms with E-state index in [1.54, 1.807) is 0 Å². The maximum atomic E-state index is 12.1. The van der Waals surface area contributed by atoms with Crippen LogP contribution in [0.5, 0.6) is 0 Å². The summed E-state index contributed by atoms with van der Waals surface area (Å²) in [6.07, 6.45) is 7.31. The van der Waals surface area contributed by atoms with E-state index in [0.29, 0.717) is 6.42 Å². The van der Waals surface area contributed by atoms with Crippen molar-refractivity contribution in [1.29, 1.82) is 0 Å². The average Bonchev–Trinajstić information content (AvgIpc) is 2.71. The predicted molar refractivity (Wildman–Crippen MR) is 84.1 cm³/mol. The monoisotopic (exact) mass is 273 g/mol.